The predicted octanol–water partition coefficient (Wildman–Crippen LogP) is 1.47. The van der Waals surface area contributed by atoms with Crippen molar-refractivity contribution >= 4 is 35.8 Å². The van der Waals surface area contributed by atoms with Gasteiger partial charge >= 0.3 is 0 Å². The van der Waals surface area contributed by atoms with Crippen molar-refractivity contribution < 1.29 is 14.3 Å². The van der Waals surface area contributed by atoms with E-state index in [1.807, 2.05) is 6.92 Å². The van der Waals surface area contributed by atoms with Gasteiger partial charge in [0.1, 0.15) is 6.54 Å². The van der Waals surface area contributed by atoms with E-state index in [-0.39, 0.29) is 36.4 Å². The standard InChI is InChI=1S/C17H34N4O3.HI/c1-4-23-11-5-9-18-17(20-13-16(22)21(2)3)19-10-6-12-24-14-15-7-8-15;/h15H,4-14H2,1-3H3,(H2,18,19,20);1H. The third kappa shape index (κ3) is 14.3. The molecule has 0 aromatic heterocycles. The molecule has 1 rings (SSSR count). The van der Waals surface area contributed by atoms with Crippen molar-refractivity contribution in [1.82, 2.24) is 15.5 Å². The predicted molar refractivity (Wildman–Crippen MR) is 112 cm³/mol. The molecule has 25 heavy (non-hydrogen) atoms. The summed E-state index contributed by atoms with van der Waals surface area (Å²) in [6, 6.07) is 0. The molecule has 148 valence electrons. The summed E-state index contributed by atoms with van der Waals surface area (Å²) in [7, 11) is 3.47. The maximum Gasteiger partial charge on any atom is 0.243 e. The maximum absolute atomic E-state index is 11.7. The van der Waals surface area contributed by atoms with Crippen LogP contribution >= 0.6 is 24.0 Å². The Bertz CT molecular complexity index is 377. The molecule has 0 unspecified atom stereocenters. The molecule has 7 nitrogen and oxygen atoms in total. The van der Waals surface area contributed by atoms with Crippen molar-refractivity contribution in [3.63, 3.8) is 0 Å². The quantitative estimate of drug-likeness (QED) is 0.185. The average Bonchev–Trinajstić information content (AvgIpc) is 3.38. The Balaban J connectivity index is 0.00000576. The molecule has 0 atom stereocenters. The fourth-order valence-corrected chi connectivity index (χ4v) is 1.90. The summed E-state index contributed by atoms with van der Waals surface area (Å²) < 4.78 is 10.9. The Morgan fingerprint density at radius 3 is 2.24 bits per heavy atom. The zero-order valence-electron chi connectivity index (χ0n) is 15.9. The number of aliphatic imine (C=N–C) groups is 1. The van der Waals surface area contributed by atoms with Gasteiger partial charge in [-0.05, 0) is 38.5 Å². The van der Waals surface area contributed by atoms with E-state index in [1.165, 1.54) is 12.8 Å². The summed E-state index contributed by atoms with van der Waals surface area (Å²) in [5, 5.41) is 6.50. The number of carbonyl (C=O) groups excluding carboxylic acids is 1. The van der Waals surface area contributed by atoms with Gasteiger partial charge in [0.05, 0.1) is 0 Å². The summed E-state index contributed by atoms with van der Waals surface area (Å²) in [4.78, 5) is 17.6. The summed E-state index contributed by atoms with van der Waals surface area (Å²) in [5.74, 6) is 1.46. The Kier molecular flexibility index (Phi) is 15.2. The van der Waals surface area contributed by atoms with Crippen molar-refractivity contribution in [1.29, 1.82) is 0 Å². The highest BCUT2D eigenvalue weighted by Gasteiger charge is 2.20. The van der Waals surface area contributed by atoms with Crippen molar-refractivity contribution in [2.45, 2.75) is 32.6 Å². The van der Waals surface area contributed by atoms with Crippen LogP contribution in [-0.4, -0.2) is 76.9 Å². The lowest BCUT2D eigenvalue weighted by atomic mass is 10.4. The first-order valence-electron chi connectivity index (χ1n) is 9.01. The minimum Gasteiger partial charge on any atom is -0.382 e. The lowest BCUT2D eigenvalue weighted by molar-refractivity contribution is -0.127. The van der Waals surface area contributed by atoms with Crippen LogP contribution in [0.1, 0.15) is 32.6 Å². The van der Waals surface area contributed by atoms with Crippen molar-refractivity contribution in [3.8, 4) is 0 Å². The first-order valence-corrected chi connectivity index (χ1v) is 9.01. The molecule has 8 heteroatoms. The fourth-order valence-electron chi connectivity index (χ4n) is 1.90. The SMILES string of the molecule is CCOCCCNC(=NCC(=O)N(C)C)NCCCOCC1CC1.I. The van der Waals surface area contributed by atoms with Crippen molar-refractivity contribution in [3.05, 3.63) is 0 Å². The molecule has 0 saturated heterocycles. The smallest absolute Gasteiger partial charge is 0.243 e. The number of nitrogens with one attached hydrogen (secondary N) is 2. The van der Waals surface area contributed by atoms with Crippen LogP contribution in [0.25, 0.3) is 0 Å². The largest absolute Gasteiger partial charge is 0.382 e. The molecule has 1 aliphatic rings. The Hall–Kier alpha value is -0.610. The molecular formula is C17H35IN4O3. The zero-order chi connectivity index (χ0) is 17.6. The van der Waals surface area contributed by atoms with Gasteiger partial charge in [0, 0.05) is 53.6 Å². The first kappa shape index (κ1) is 24.4. The van der Waals surface area contributed by atoms with Crippen LogP contribution in [0, 0.1) is 5.92 Å². The van der Waals surface area contributed by atoms with E-state index >= 15 is 0 Å². The van der Waals surface area contributed by atoms with Crippen molar-refractivity contribution in [2.24, 2.45) is 10.9 Å². The van der Waals surface area contributed by atoms with Gasteiger partial charge in [0.2, 0.25) is 5.91 Å². The van der Waals surface area contributed by atoms with Crippen LogP contribution < -0.4 is 10.6 Å². The molecule has 0 spiro atoms. The maximum atomic E-state index is 11.7. The number of ether oxygens (including phenoxy) is 2. The van der Waals surface area contributed by atoms with E-state index in [9.17, 15) is 4.79 Å². The van der Waals surface area contributed by atoms with Crippen LogP contribution in [0.4, 0.5) is 0 Å². The van der Waals surface area contributed by atoms with Crippen LogP contribution in [0.15, 0.2) is 4.99 Å². The molecule has 1 amide bonds. The average molecular weight is 470 g/mol. The van der Waals surface area contributed by atoms with Gasteiger partial charge in [-0.25, -0.2) is 4.99 Å². The second kappa shape index (κ2) is 15.6. The topological polar surface area (TPSA) is 75.2 Å². The highest BCUT2D eigenvalue weighted by atomic mass is 127. The van der Waals surface area contributed by atoms with Gasteiger partial charge < -0.3 is 25.0 Å². The number of amides is 1. The molecule has 1 fully saturated rings. The van der Waals surface area contributed by atoms with E-state index in [1.54, 1.807) is 19.0 Å². The Morgan fingerprint density at radius 1 is 1.12 bits per heavy atom. The lowest BCUT2D eigenvalue weighted by Crippen LogP contribution is -2.40. The van der Waals surface area contributed by atoms with Gasteiger partial charge in [0.15, 0.2) is 5.96 Å². The molecule has 0 heterocycles. The summed E-state index contributed by atoms with van der Waals surface area (Å²) >= 11 is 0. The summed E-state index contributed by atoms with van der Waals surface area (Å²) in [5.41, 5.74) is 0. The third-order valence-electron chi connectivity index (χ3n) is 3.64. The second-order valence-electron chi connectivity index (χ2n) is 6.23. The highest BCUT2D eigenvalue weighted by Crippen LogP contribution is 2.28. The van der Waals surface area contributed by atoms with Gasteiger partial charge in [-0.3, -0.25) is 4.79 Å². The van der Waals surface area contributed by atoms with Gasteiger partial charge in [-0.2, -0.15) is 0 Å². The first-order chi connectivity index (χ1) is 11.6. The van der Waals surface area contributed by atoms with E-state index in [0.29, 0.717) is 5.96 Å². The minimum atomic E-state index is -0.0156. The number of likely N-dealkylation sites (N-methyl/N-ethyl adjacent to an activating group) is 1. The molecule has 0 aromatic rings. The molecule has 1 saturated carbocycles. The Morgan fingerprint density at radius 2 is 1.72 bits per heavy atom. The molecular weight excluding hydrogens is 435 g/mol. The Labute approximate surface area is 169 Å². The number of guanidine groups is 1. The third-order valence-corrected chi connectivity index (χ3v) is 3.64. The molecule has 2 N–H and O–H groups in total. The molecule has 0 radical (unpaired) electrons. The van der Waals surface area contributed by atoms with Gasteiger partial charge in [0.25, 0.3) is 0 Å². The van der Waals surface area contributed by atoms with Crippen molar-refractivity contribution in [2.75, 3.05) is 60.2 Å². The normalized spacial score (nSPS) is 14.0. The summed E-state index contributed by atoms with van der Waals surface area (Å²) in [6.45, 7) is 6.79. The van der Waals surface area contributed by atoms with Crippen LogP contribution in [0.5, 0.6) is 0 Å². The number of nitrogens with zero attached hydrogens (tertiary/aromatic N) is 2. The van der Waals surface area contributed by atoms with E-state index in [0.717, 1.165) is 58.3 Å². The fraction of sp³-hybridized carbons (Fsp3) is 0.882. The number of rotatable bonds is 13. The highest BCUT2D eigenvalue weighted by molar-refractivity contribution is 14.0. The van der Waals surface area contributed by atoms with E-state index < -0.39 is 0 Å². The van der Waals surface area contributed by atoms with Crippen LogP contribution in [-0.2, 0) is 14.3 Å². The molecule has 1 aliphatic carbocycles. The van der Waals surface area contributed by atoms with Crippen LogP contribution in [0.2, 0.25) is 0 Å². The molecule has 0 bridgehead atoms. The monoisotopic (exact) mass is 470 g/mol. The number of carbonyl (C=O) groups is 1. The van der Waals surface area contributed by atoms with E-state index in [4.69, 9.17) is 9.47 Å². The lowest BCUT2D eigenvalue weighted by Gasteiger charge is -2.14. The van der Waals surface area contributed by atoms with Gasteiger partial charge in [-0.15, -0.1) is 24.0 Å². The van der Waals surface area contributed by atoms with Gasteiger partial charge in [-0.1, -0.05) is 0 Å². The summed E-state index contributed by atoms with van der Waals surface area (Å²) in [6.07, 6.45) is 4.47. The van der Waals surface area contributed by atoms with E-state index in [2.05, 4.69) is 15.6 Å². The number of hydrogen-bond acceptors (Lipinski definition) is 4. The molecule has 0 aliphatic heterocycles. The zero-order valence-corrected chi connectivity index (χ0v) is 18.2. The van der Waals surface area contributed by atoms with Crippen LogP contribution in [0.3, 0.4) is 0 Å². The molecule has 0 aromatic carbocycles. The number of hydrogen-bond donors (Lipinski definition) is 2. The number of halogens is 1. The minimum absolute atomic E-state index is 0. The second-order valence-corrected chi connectivity index (χ2v) is 6.23.